The van der Waals surface area contributed by atoms with Crippen molar-refractivity contribution >= 4 is 17.6 Å². The summed E-state index contributed by atoms with van der Waals surface area (Å²) in [6.07, 6.45) is 0. The summed E-state index contributed by atoms with van der Waals surface area (Å²) in [7, 11) is 0. The number of amides is 1. The van der Waals surface area contributed by atoms with Gasteiger partial charge in [0.1, 0.15) is 11.6 Å². The van der Waals surface area contributed by atoms with Crippen LogP contribution in [0.3, 0.4) is 0 Å². The number of rotatable bonds is 5. The maximum atomic E-state index is 14.0. The van der Waals surface area contributed by atoms with Crippen molar-refractivity contribution in [3.05, 3.63) is 65.2 Å². The molecule has 1 heterocycles. The largest absolute Gasteiger partial charge is 0.366 e. The van der Waals surface area contributed by atoms with E-state index >= 15 is 0 Å². The molecule has 2 aromatic rings. The number of hydrogen-bond donors (Lipinski definition) is 2. The van der Waals surface area contributed by atoms with Gasteiger partial charge in [0, 0.05) is 44.4 Å². The number of guanidine groups is 1. The van der Waals surface area contributed by atoms with Crippen LogP contribution in [0.4, 0.5) is 14.5 Å². The normalized spacial score (nSPS) is 14.8. The molecule has 3 N–H and O–H groups in total. The molecule has 3 rings (SSSR count). The number of nitrogens with two attached hydrogens (primary N) is 1. The molecule has 0 aromatic heterocycles. The Labute approximate surface area is 169 Å². The summed E-state index contributed by atoms with van der Waals surface area (Å²) < 4.78 is 27.5. The Morgan fingerprint density at radius 3 is 2.59 bits per heavy atom. The zero-order chi connectivity index (χ0) is 20.8. The van der Waals surface area contributed by atoms with E-state index in [1.54, 1.807) is 18.2 Å². The van der Waals surface area contributed by atoms with Crippen LogP contribution in [0.15, 0.2) is 47.5 Å². The number of primary amides is 1. The quantitative estimate of drug-likeness (QED) is 0.596. The van der Waals surface area contributed by atoms with Crippen molar-refractivity contribution in [2.45, 2.75) is 13.5 Å². The second-order valence-electron chi connectivity index (χ2n) is 6.80. The van der Waals surface area contributed by atoms with Gasteiger partial charge in [-0.25, -0.2) is 13.8 Å². The molecule has 0 aliphatic carbocycles. The highest BCUT2D eigenvalue weighted by molar-refractivity contribution is 5.92. The van der Waals surface area contributed by atoms with Crippen molar-refractivity contribution in [1.29, 1.82) is 0 Å². The zero-order valence-corrected chi connectivity index (χ0v) is 16.4. The molecule has 1 saturated heterocycles. The number of benzene rings is 2. The van der Waals surface area contributed by atoms with Crippen molar-refractivity contribution in [3.8, 4) is 0 Å². The van der Waals surface area contributed by atoms with Crippen LogP contribution < -0.4 is 16.0 Å². The molecule has 1 aliphatic rings. The molecule has 1 amide bonds. The Kier molecular flexibility index (Phi) is 6.64. The van der Waals surface area contributed by atoms with Gasteiger partial charge in [-0.3, -0.25) is 4.79 Å². The standard InChI is InChI=1S/C21H25F2N5O/c1-2-25-21(26-14-15-4-3-5-16(12-15)20(24)29)28-10-8-27(9-11-28)19-13-17(22)6-7-18(19)23/h3-7,12-13H,2,8-11,14H2,1H3,(H2,24,29)(H,25,26). The maximum absolute atomic E-state index is 14.0. The second kappa shape index (κ2) is 9.36. The Morgan fingerprint density at radius 1 is 1.14 bits per heavy atom. The Bertz CT molecular complexity index is 894. The minimum absolute atomic E-state index is 0.287. The Hall–Kier alpha value is -3.16. The Balaban J connectivity index is 1.67. The fourth-order valence-electron chi connectivity index (χ4n) is 3.30. The summed E-state index contributed by atoms with van der Waals surface area (Å²) in [5, 5.41) is 3.27. The van der Waals surface area contributed by atoms with Crippen molar-refractivity contribution in [1.82, 2.24) is 10.2 Å². The number of anilines is 1. The fraction of sp³-hybridized carbons (Fsp3) is 0.333. The lowest BCUT2D eigenvalue weighted by molar-refractivity contribution is 0.1000. The van der Waals surface area contributed by atoms with Crippen molar-refractivity contribution in [3.63, 3.8) is 0 Å². The first kappa shape index (κ1) is 20.6. The molecule has 6 nitrogen and oxygen atoms in total. The van der Waals surface area contributed by atoms with E-state index in [4.69, 9.17) is 5.73 Å². The molecule has 0 unspecified atom stereocenters. The van der Waals surface area contributed by atoms with Gasteiger partial charge in [0.2, 0.25) is 5.91 Å². The highest BCUT2D eigenvalue weighted by Crippen LogP contribution is 2.22. The van der Waals surface area contributed by atoms with Crippen molar-refractivity contribution < 1.29 is 13.6 Å². The summed E-state index contributed by atoms with van der Waals surface area (Å²) in [4.78, 5) is 19.9. The van der Waals surface area contributed by atoms with Gasteiger partial charge in [0.05, 0.1) is 12.2 Å². The number of piperazine rings is 1. The van der Waals surface area contributed by atoms with E-state index in [1.807, 2.05) is 17.9 Å². The number of halogens is 2. The van der Waals surface area contributed by atoms with Crippen LogP contribution in [0.5, 0.6) is 0 Å². The fourth-order valence-corrected chi connectivity index (χ4v) is 3.30. The van der Waals surface area contributed by atoms with Crippen LogP contribution in [0.25, 0.3) is 0 Å². The average molecular weight is 401 g/mol. The topological polar surface area (TPSA) is 74.0 Å². The van der Waals surface area contributed by atoms with E-state index < -0.39 is 17.5 Å². The molecular weight excluding hydrogens is 376 g/mol. The number of nitrogens with one attached hydrogen (secondary N) is 1. The average Bonchev–Trinajstić information content (AvgIpc) is 2.73. The number of carbonyl (C=O) groups excluding carboxylic acids is 1. The van der Waals surface area contributed by atoms with Gasteiger partial charge in [-0.15, -0.1) is 0 Å². The molecule has 8 heteroatoms. The smallest absolute Gasteiger partial charge is 0.248 e. The first-order chi connectivity index (χ1) is 14.0. The van der Waals surface area contributed by atoms with Gasteiger partial charge < -0.3 is 20.9 Å². The predicted octanol–water partition coefficient (Wildman–Crippen LogP) is 2.35. The first-order valence-corrected chi connectivity index (χ1v) is 9.60. The monoisotopic (exact) mass is 401 g/mol. The van der Waals surface area contributed by atoms with E-state index in [0.717, 1.165) is 23.7 Å². The molecule has 1 aliphatic heterocycles. The SMILES string of the molecule is CCNC(=NCc1cccc(C(N)=O)c1)N1CCN(c2cc(F)ccc2F)CC1. The van der Waals surface area contributed by atoms with Gasteiger partial charge in [-0.2, -0.15) is 0 Å². The highest BCUT2D eigenvalue weighted by atomic mass is 19.1. The van der Waals surface area contributed by atoms with Crippen LogP contribution >= 0.6 is 0 Å². The summed E-state index contributed by atoms with van der Waals surface area (Å²) in [5.41, 5.74) is 6.96. The van der Waals surface area contributed by atoms with E-state index in [2.05, 4.69) is 15.2 Å². The van der Waals surface area contributed by atoms with Gasteiger partial charge in [-0.1, -0.05) is 12.1 Å². The van der Waals surface area contributed by atoms with Gasteiger partial charge in [-0.05, 0) is 36.8 Å². The molecule has 0 atom stereocenters. The van der Waals surface area contributed by atoms with E-state index in [-0.39, 0.29) is 5.69 Å². The van der Waals surface area contributed by atoms with Crippen LogP contribution in [0, 0.1) is 11.6 Å². The van der Waals surface area contributed by atoms with Crippen LogP contribution in [0.2, 0.25) is 0 Å². The van der Waals surface area contributed by atoms with Crippen molar-refractivity contribution in [2.75, 3.05) is 37.6 Å². The van der Waals surface area contributed by atoms with Gasteiger partial charge in [0.25, 0.3) is 0 Å². The van der Waals surface area contributed by atoms with Crippen LogP contribution in [-0.4, -0.2) is 49.5 Å². The summed E-state index contributed by atoms with van der Waals surface area (Å²) >= 11 is 0. The molecule has 0 saturated carbocycles. The van der Waals surface area contributed by atoms with Gasteiger partial charge in [0.15, 0.2) is 5.96 Å². The summed E-state index contributed by atoms with van der Waals surface area (Å²) in [5.74, 6) is -0.591. The van der Waals surface area contributed by atoms with Crippen LogP contribution in [0.1, 0.15) is 22.8 Å². The number of carbonyl (C=O) groups is 1. The summed E-state index contributed by atoms with van der Waals surface area (Å²) in [6.45, 7) is 5.47. The number of hydrogen-bond acceptors (Lipinski definition) is 3. The van der Waals surface area contributed by atoms with E-state index in [9.17, 15) is 13.6 Å². The molecule has 2 aromatic carbocycles. The lowest BCUT2D eigenvalue weighted by Gasteiger charge is -2.37. The molecule has 0 spiro atoms. The third-order valence-electron chi connectivity index (χ3n) is 4.79. The van der Waals surface area contributed by atoms with E-state index in [1.165, 1.54) is 6.07 Å². The lowest BCUT2D eigenvalue weighted by Crippen LogP contribution is -2.52. The highest BCUT2D eigenvalue weighted by Gasteiger charge is 2.22. The molecule has 154 valence electrons. The van der Waals surface area contributed by atoms with Crippen molar-refractivity contribution in [2.24, 2.45) is 10.7 Å². The molecular formula is C21H25F2N5O. The lowest BCUT2D eigenvalue weighted by atomic mass is 10.1. The Morgan fingerprint density at radius 2 is 1.90 bits per heavy atom. The molecule has 0 bridgehead atoms. The van der Waals surface area contributed by atoms with Gasteiger partial charge >= 0.3 is 0 Å². The minimum Gasteiger partial charge on any atom is -0.366 e. The van der Waals surface area contributed by atoms with E-state index in [0.29, 0.717) is 44.8 Å². The minimum atomic E-state index is -0.469. The molecule has 1 fully saturated rings. The summed E-state index contributed by atoms with van der Waals surface area (Å²) in [6, 6.07) is 10.6. The maximum Gasteiger partial charge on any atom is 0.248 e. The zero-order valence-electron chi connectivity index (χ0n) is 16.4. The number of aliphatic imine (C=N–C) groups is 1. The first-order valence-electron chi connectivity index (χ1n) is 9.60. The predicted molar refractivity (Wildman–Crippen MR) is 110 cm³/mol. The number of nitrogens with zero attached hydrogens (tertiary/aromatic N) is 3. The molecule has 0 radical (unpaired) electrons. The second-order valence-corrected chi connectivity index (χ2v) is 6.80. The van der Waals surface area contributed by atoms with Crippen LogP contribution in [-0.2, 0) is 6.54 Å². The third kappa shape index (κ3) is 5.22. The molecule has 29 heavy (non-hydrogen) atoms. The third-order valence-corrected chi connectivity index (χ3v) is 4.79.